The fourth-order valence-electron chi connectivity index (χ4n) is 5.93. The van der Waals surface area contributed by atoms with Gasteiger partial charge in [0.1, 0.15) is 0 Å². The fraction of sp³-hybridized carbons (Fsp3) is 0.147. The minimum absolute atomic E-state index is 0.0105. The summed E-state index contributed by atoms with van der Waals surface area (Å²) in [7, 11) is 0. The average Bonchev–Trinajstić information content (AvgIpc) is 3.39. The van der Waals surface area contributed by atoms with Crippen LogP contribution in [0.4, 0.5) is 0 Å². The molecule has 2 aliphatic carbocycles. The Morgan fingerprint density at radius 1 is 0.806 bits per heavy atom. The van der Waals surface area contributed by atoms with Crippen LogP contribution in [-0.2, 0) is 11.8 Å². The summed E-state index contributed by atoms with van der Waals surface area (Å²) in [5.74, 6) is 0.157. The van der Waals surface area contributed by atoms with Crippen molar-refractivity contribution in [2.24, 2.45) is 0 Å². The van der Waals surface area contributed by atoms with Crippen molar-refractivity contribution in [3.8, 4) is 22.3 Å². The van der Waals surface area contributed by atoms with Gasteiger partial charge in [-0.2, -0.15) is 0 Å². The number of carbonyl (C=O) groups excluding carboxylic acids is 1. The van der Waals surface area contributed by atoms with Crippen molar-refractivity contribution >= 4 is 28.4 Å². The van der Waals surface area contributed by atoms with Crippen LogP contribution in [0.2, 0.25) is 0 Å². The summed E-state index contributed by atoms with van der Waals surface area (Å²) in [4.78, 5) is 11.6. The standard InChI is InChI=1S/C19H17I.C15H12O/c1-3-11-19(12-4-2)17-8-6-5-7-15(17)16-10-9-14(20)13-18(16)19;1-10(16)12-7-4-8-14-13-6-3-2-5-11(13)9-15(12)14/h3-10,13H,1-2,11-12H2;2-8H,9H2,1H3. The molecule has 0 spiro atoms. The third-order valence-corrected chi connectivity index (χ3v) is 8.12. The molecule has 6 rings (SSSR count). The number of carbonyl (C=O) groups is 1. The summed E-state index contributed by atoms with van der Waals surface area (Å²) in [5, 5.41) is 0. The second kappa shape index (κ2) is 10.0. The van der Waals surface area contributed by atoms with Crippen LogP contribution in [-0.4, -0.2) is 5.78 Å². The highest BCUT2D eigenvalue weighted by Crippen LogP contribution is 2.53. The lowest BCUT2D eigenvalue weighted by atomic mass is 9.73. The SMILES string of the molecule is C=CCC1(CC=C)c2ccccc2-c2ccc(I)cc21.CC(=O)c1cccc2c1Cc1ccccc1-2. The smallest absolute Gasteiger partial charge is 0.160 e. The van der Waals surface area contributed by atoms with E-state index in [2.05, 4.69) is 102 Å². The molecule has 0 N–H and O–H groups in total. The fourth-order valence-corrected chi connectivity index (χ4v) is 6.42. The van der Waals surface area contributed by atoms with E-state index in [1.54, 1.807) is 6.92 Å². The van der Waals surface area contributed by atoms with Crippen LogP contribution in [0.3, 0.4) is 0 Å². The van der Waals surface area contributed by atoms with Crippen molar-refractivity contribution in [1.82, 2.24) is 0 Å². The van der Waals surface area contributed by atoms with E-state index < -0.39 is 0 Å². The van der Waals surface area contributed by atoms with Gasteiger partial charge in [-0.05, 0) is 105 Å². The molecule has 0 saturated heterocycles. The number of Topliss-reactive ketones (excluding diaryl/α,β-unsaturated/α-hetero) is 1. The Morgan fingerprint density at radius 3 is 2.17 bits per heavy atom. The average molecular weight is 581 g/mol. The number of fused-ring (bicyclic) bond motifs is 6. The molecule has 0 saturated carbocycles. The number of benzene rings is 4. The van der Waals surface area contributed by atoms with Gasteiger partial charge < -0.3 is 0 Å². The van der Waals surface area contributed by atoms with E-state index in [0.717, 1.165) is 24.8 Å². The van der Waals surface area contributed by atoms with Crippen molar-refractivity contribution in [1.29, 1.82) is 0 Å². The van der Waals surface area contributed by atoms with Crippen molar-refractivity contribution in [3.63, 3.8) is 0 Å². The molecule has 0 atom stereocenters. The predicted molar refractivity (Wildman–Crippen MR) is 160 cm³/mol. The lowest BCUT2D eigenvalue weighted by Crippen LogP contribution is -2.23. The molecule has 2 aliphatic rings. The van der Waals surface area contributed by atoms with E-state index in [9.17, 15) is 4.79 Å². The van der Waals surface area contributed by atoms with E-state index in [0.29, 0.717) is 0 Å². The number of halogens is 1. The van der Waals surface area contributed by atoms with Crippen LogP contribution in [0.5, 0.6) is 0 Å². The third-order valence-electron chi connectivity index (χ3n) is 7.45. The van der Waals surface area contributed by atoms with Gasteiger partial charge in [0.15, 0.2) is 5.78 Å². The Balaban J connectivity index is 0.000000152. The molecule has 0 aromatic heterocycles. The van der Waals surface area contributed by atoms with Gasteiger partial charge in [-0.25, -0.2) is 0 Å². The lowest BCUT2D eigenvalue weighted by molar-refractivity contribution is 0.101. The Bertz CT molecular complexity index is 1480. The van der Waals surface area contributed by atoms with Crippen molar-refractivity contribution < 1.29 is 4.79 Å². The number of allylic oxidation sites excluding steroid dienone is 2. The topological polar surface area (TPSA) is 17.1 Å². The van der Waals surface area contributed by atoms with E-state index >= 15 is 0 Å². The number of hydrogen-bond acceptors (Lipinski definition) is 1. The minimum Gasteiger partial charge on any atom is -0.295 e. The van der Waals surface area contributed by atoms with Gasteiger partial charge in [0.25, 0.3) is 0 Å². The third kappa shape index (κ3) is 4.08. The first-order valence-corrected chi connectivity index (χ1v) is 13.4. The maximum Gasteiger partial charge on any atom is 0.160 e. The Hall–Kier alpha value is -3.24. The van der Waals surface area contributed by atoms with Crippen LogP contribution in [0, 0.1) is 3.57 Å². The van der Waals surface area contributed by atoms with Gasteiger partial charge in [-0.1, -0.05) is 84.9 Å². The van der Waals surface area contributed by atoms with Gasteiger partial charge in [-0.15, -0.1) is 13.2 Å². The van der Waals surface area contributed by atoms with Gasteiger partial charge in [0.2, 0.25) is 0 Å². The number of ketones is 1. The molecule has 4 aromatic carbocycles. The predicted octanol–water partition coefficient (Wildman–Crippen LogP) is 9.17. The zero-order valence-corrected chi connectivity index (χ0v) is 22.7. The quantitative estimate of drug-likeness (QED) is 0.115. The van der Waals surface area contributed by atoms with Crippen LogP contribution in [0.25, 0.3) is 22.3 Å². The van der Waals surface area contributed by atoms with Crippen molar-refractivity contribution in [2.45, 2.75) is 31.6 Å². The van der Waals surface area contributed by atoms with Crippen molar-refractivity contribution in [2.75, 3.05) is 0 Å². The van der Waals surface area contributed by atoms with Crippen LogP contribution >= 0.6 is 22.6 Å². The second-order valence-corrected chi connectivity index (χ2v) is 10.8. The molecule has 4 aromatic rings. The van der Waals surface area contributed by atoms with Gasteiger partial charge in [0.05, 0.1) is 0 Å². The Kier molecular flexibility index (Phi) is 6.81. The van der Waals surface area contributed by atoms with Gasteiger partial charge in [-0.3, -0.25) is 4.79 Å². The molecule has 0 radical (unpaired) electrons. The Morgan fingerprint density at radius 2 is 1.44 bits per heavy atom. The van der Waals surface area contributed by atoms with Gasteiger partial charge in [0, 0.05) is 14.5 Å². The molecular formula is C34H29IO. The second-order valence-electron chi connectivity index (χ2n) is 9.52. The zero-order chi connectivity index (χ0) is 25.3. The maximum atomic E-state index is 11.6. The largest absolute Gasteiger partial charge is 0.295 e. The van der Waals surface area contributed by atoms with Crippen LogP contribution < -0.4 is 0 Å². The summed E-state index contributed by atoms with van der Waals surface area (Å²) in [6.45, 7) is 9.60. The first kappa shape index (κ1) is 24.5. The number of hydrogen-bond donors (Lipinski definition) is 0. The maximum absolute atomic E-state index is 11.6. The molecule has 1 nitrogen and oxygen atoms in total. The molecular weight excluding hydrogens is 551 g/mol. The molecule has 0 heterocycles. The molecule has 2 heteroatoms. The minimum atomic E-state index is 0.0105. The highest BCUT2D eigenvalue weighted by atomic mass is 127. The summed E-state index contributed by atoms with van der Waals surface area (Å²) < 4.78 is 1.28. The highest BCUT2D eigenvalue weighted by molar-refractivity contribution is 14.1. The van der Waals surface area contributed by atoms with Crippen LogP contribution in [0.15, 0.2) is 110 Å². The molecule has 178 valence electrons. The van der Waals surface area contributed by atoms with Crippen molar-refractivity contribution in [3.05, 3.63) is 142 Å². The summed E-state index contributed by atoms with van der Waals surface area (Å²) in [6.07, 6.45) is 6.86. The first-order valence-electron chi connectivity index (χ1n) is 12.3. The molecule has 0 aliphatic heterocycles. The Labute approximate surface area is 227 Å². The molecule has 0 unspecified atom stereocenters. The summed E-state index contributed by atoms with van der Waals surface area (Å²) in [6, 6.07) is 29.9. The molecule has 0 fully saturated rings. The number of rotatable bonds is 5. The molecule has 0 amide bonds. The van der Waals surface area contributed by atoms with Gasteiger partial charge >= 0.3 is 0 Å². The monoisotopic (exact) mass is 580 g/mol. The lowest BCUT2D eigenvalue weighted by Gasteiger charge is -2.30. The molecule has 36 heavy (non-hydrogen) atoms. The van der Waals surface area contributed by atoms with E-state index in [1.165, 1.54) is 48.1 Å². The van der Waals surface area contributed by atoms with E-state index in [-0.39, 0.29) is 11.2 Å². The first-order chi connectivity index (χ1) is 17.5. The highest BCUT2D eigenvalue weighted by Gasteiger charge is 2.41. The van der Waals surface area contributed by atoms with Crippen LogP contribution in [0.1, 0.15) is 52.4 Å². The normalized spacial score (nSPS) is 13.4. The van der Waals surface area contributed by atoms with E-state index in [4.69, 9.17) is 0 Å². The molecule has 0 bridgehead atoms. The summed E-state index contributed by atoms with van der Waals surface area (Å²) >= 11 is 2.39. The summed E-state index contributed by atoms with van der Waals surface area (Å²) in [5.41, 5.74) is 11.5. The zero-order valence-electron chi connectivity index (χ0n) is 20.6. The van der Waals surface area contributed by atoms with E-state index in [1.807, 2.05) is 30.4 Å².